The Bertz CT molecular complexity index is 1070. The number of hydrogen-bond acceptors (Lipinski definition) is 5. The number of carbonyl (C=O) groups excluding carboxylic acids is 1. The van der Waals surface area contributed by atoms with Crippen LogP contribution in [0.3, 0.4) is 0 Å². The molecule has 3 rings (SSSR count). The highest BCUT2D eigenvalue weighted by Crippen LogP contribution is 2.34. The Balaban J connectivity index is 1.98. The van der Waals surface area contributed by atoms with E-state index in [0.717, 1.165) is 23.3 Å². The van der Waals surface area contributed by atoms with Gasteiger partial charge in [0.15, 0.2) is 0 Å². The molecule has 0 radical (unpaired) electrons. The number of amides is 1. The molecule has 2 aromatic carbocycles. The van der Waals surface area contributed by atoms with Crippen LogP contribution in [0, 0.1) is 5.82 Å². The maximum absolute atomic E-state index is 13.3. The van der Waals surface area contributed by atoms with E-state index in [1.54, 1.807) is 30.0 Å². The van der Waals surface area contributed by atoms with Crippen molar-refractivity contribution < 1.29 is 22.3 Å². The number of sulfone groups is 1. The summed E-state index contributed by atoms with van der Waals surface area (Å²) in [7, 11) is -0.271. The molecular weight excluding hydrogens is 419 g/mol. The summed E-state index contributed by atoms with van der Waals surface area (Å²) < 4.78 is 45.5. The summed E-state index contributed by atoms with van der Waals surface area (Å²) in [5, 5.41) is 0. The number of rotatable bonds is 3. The van der Waals surface area contributed by atoms with Crippen molar-refractivity contribution in [3.8, 4) is 0 Å². The Hall–Kier alpha value is -2.61. The second kappa shape index (κ2) is 8.49. The molecule has 2 aromatic rings. The molecule has 168 valence electrons. The third kappa shape index (κ3) is 5.18. The Morgan fingerprint density at radius 3 is 2.10 bits per heavy atom. The third-order valence-electron chi connectivity index (χ3n) is 5.13. The van der Waals surface area contributed by atoms with Crippen LogP contribution in [-0.2, 0) is 27.4 Å². The monoisotopic (exact) mass is 448 g/mol. The number of anilines is 1. The van der Waals surface area contributed by atoms with Crippen molar-refractivity contribution in [2.24, 2.45) is 0 Å². The molecule has 0 spiro atoms. The predicted molar refractivity (Wildman–Crippen MR) is 118 cm³/mol. The maximum Gasteiger partial charge on any atom is 0.410 e. The van der Waals surface area contributed by atoms with E-state index in [9.17, 15) is 17.6 Å². The van der Waals surface area contributed by atoms with Gasteiger partial charge in [0.2, 0.25) is 9.84 Å². The van der Waals surface area contributed by atoms with Gasteiger partial charge in [0.1, 0.15) is 11.4 Å². The highest BCUT2D eigenvalue weighted by atomic mass is 32.2. The molecule has 0 fully saturated rings. The van der Waals surface area contributed by atoms with Gasteiger partial charge in [-0.15, -0.1) is 0 Å². The van der Waals surface area contributed by atoms with E-state index < -0.39 is 21.3 Å². The van der Waals surface area contributed by atoms with Crippen LogP contribution in [0.4, 0.5) is 14.9 Å². The Kier molecular flexibility index (Phi) is 6.32. The Morgan fingerprint density at radius 1 is 1.03 bits per heavy atom. The second-order valence-corrected chi connectivity index (χ2v) is 10.8. The van der Waals surface area contributed by atoms with Crippen molar-refractivity contribution in [3.63, 3.8) is 0 Å². The molecule has 31 heavy (non-hydrogen) atoms. The van der Waals surface area contributed by atoms with Gasteiger partial charge in [-0.05, 0) is 81.1 Å². The van der Waals surface area contributed by atoms with Gasteiger partial charge in [-0.2, -0.15) is 0 Å². The first-order valence-electron chi connectivity index (χ1n) is 10.2. The summed E-state index contributed by atoms with van der Waals surface area (Å²) in [6.45, 7) is 6.42. The number of ether oxygens (including phenoxy) is 1. The van der Waals surface area contributed by atoms with Gasteiger partial charge in [-0.25, -0.2) is 17.6 Å². The van der Waals surface area contributed by atoms with E-state index in [4.69, 9.17) is 4.74 Å². The summed E-state index contributed by atoms with van der Waals surface area (Å²) in [4.78, 5) is 16.1. The summed E-state index contributed by atoms with van der Waals surface area (Å²) in [6.07, 6.45) is 0.757. The lowest BCUT2D eigenvalue weighted by Gasteiger charge is -2.26. The molecule has 0 atom stereocenters. The van der Waals surface area contributed by atoms with Gasteiger partial charge >= 0.3 is 6.09 Å². The van der Waals surface area contributed by atoms with Gasteiger partial charge in [-0.1, -0.05) is 0 Å². The lowest BCUT2D eigenvalue weighted by Crippen LogP contribution is -2.38. The topological polar surface area (TPSA) is 66.9 Å². The van der Waals surface area contributed by atoms with Crippen molar-refractivity contribution in [1.29, 1.82) is 0 Å². The number of benzene rings is 2. The summed E-state index contributed by atoms with van der Waals surface area (Å²) >= 11 is 0. The van der Waals surface area contributed by atoms with E-state index in [0.29, 0.717) is 31.6 Å². The molecule has 8 heteroatoms. The quantitative estimate of drug-likeness (QED) is 0.663. The van der Waals surface area contributed by atoms with Gasteiger partial charge in [0, 0.05) is 27.2 Å². The first kappa shape index (κ1) is 23.1. The van der Waals surface area contributed by atoms with Gasteiger partial charge < -0.3 is 14.5 Å². The van der Waals surface area contributed by atoms with Crippen LogP contribution in [-0.4, -0.2) is 52.2 Å². The average molecular weight is 449 g/mol. The minimum absolute atomic E-state index is 0.0425. The van der Waals surface area contributed by atoms with E-state index in [1.165, 1.54) is 12.1 Å². The predicted octanol–water partition coefficient (Wildman–Crippen LogP) is 4.06. The lowest BCUT2D eigenvalue weighted by atomic mass is 10.0. The Labute approximate surface area is 183 Å². The highest BCUT2D eigenvalue weighted by molar-refractivity contribution is 7.91. The van der Waals surface area contributed by atoms with Gasteiger partial charge in [-0.3, -0.25) is 0 Å². The fourth-order valence-corrected chi connectivity index (χ4v) is 5.12. The van der Waals surface area contributed by atoms with Crippen molar-refractivity contribution in [3.05, 3.63) is 53.3 Å². The largest absolute Gasteiger partial charge is 0.444 e. The van der Waals surface area contributed by atoms with Gasteiger partial charge in [0.05, 0.1) is 15.5 Å². The van der Waals surface area contributed by atoms with Crippen molar-refractivity contribution in [1.82, 2.24) is 4.90 Å². The SMILES string of the molecule is CN(C)c1cc2c(cc1S(=O)(=O)c1ccc(F)cc1)CCN(C(=O)OC(C)(C)C)CC2. The normalized spacial score (nSPS) is 14.6. The lowest BCUT2D eigenvalue weighted by molar-refractivity contribution is 0.0258. The standard InChI is InChI=1S/C23H29FN2O4S/c1-23(2,3)30-22(27)26-12-10-16-14-20(25(4)5)21(15-17(16)11-13-26)31(28,29)19-8-6-18(24)7-9-19/h6-9,14-15H,10-13H2,1-5H3. The van der Waals surface area contributed by atoms with Crippen molar-refractivity contribution in [2.75, 3.05) is 32.1 Å². The van der Waals surface area contributed by atoms with E-state index in [1.807, 2.05) is 26.8 Å². The molecule has 0 N–H and O–H groups in total. The minimum Gasteiger partial charge on any atom is -0.444 e. The number of halogens is 1. The van der Waals surface area contributed by atoms with E-state index in [-0.39, 0.29) is 15.9 Å². The molecular formula is C23H29FN2O4S. The Morgan fingerprint density at radius 2 is 1.58 bits per heavy atom. The summed E-state index contributed by atoms with van der Waals surface area (Å²) in [5.41, 5.74) is 1.88. The van der Waals surface area contributed by atoms with Crippen LogP contribution in [0.15, 0.2) is 46.2 Å². The maximum atomic E-state index is 13.3. The zero-order valence-corrected chi connectivity index (χ0v) is 19.4. The van der Waals surface area contributed by atoms with Crippen LogP contribution in [0.2, 0.25) is 0 Å². The molecule has 6 nitrogen and oxygen atoms in total. The molecule has 1 heterocycles. The van der Waals surface area contributed by atoms with Crippen LogP contribution in [0.25, 0.3) is 0 Å². The average Bonchev–Trinajstić information content (AvgIpc) is 2.88. The third-order valence-corrected chi connectivity index (χ3v) is 6.93. The fourth-order valence-electron chi connectivity index (χ4n) is 3.56. The molecule has 1 aliphatic heterocycles. The molecule has 1 aliphatic rings. The molecule has 0 bridgehead atoms. The second-order valence-electron chi connectivity index (χ2n) is 8.91. The first-order chi connectivity index (χ1) is 14.4. The van der Waals surface area contributed by atoms with Crippen LogP contribution < -0.4 is 4.90 Å². The number of nitrogens with zero attached hydrogens (tertiary/aromatic N) is 2. The van der Waals surface area contributed by atoms with E-state index in [2.05, 4.69) is 0 Å². The highest BCUT2D eigenvalue weighted by Gasteiger charge is 2.28. The smallest absolute Gasteiger partial charge is 0.410 e. The van der Waals surface area contributed by atoms with Gasteiger partial charge in [0.25, 0.3) is 0 Å². The van der Waals surface area contributed by atoms with Crippen molar-refractivity contribution >= 4 is 21.6 Å². The summed E-state index contributed by atoms with van der Waals surface area (Å²) in [5.74, 6) is -0.490. The van der Waals surface area contributed by atoms with E-state index >= 15 is 0 Å². The van der Waals surface area contributed by atoms with Crippen LogP contribution in [0.1, 0.15) is 31.9 Å². The molecule has 1 amide bonds. The zero-order valence-electron chi connectivity index (χ0n) is 18.6. The minimum atomic E-state index is -3.84. The van der Waals surface area contributed by atoms with Crippen LogP contribution in [0.5, 0.6) is 0 Å². The molecule has 0 unspecified atom stereocenters. The molecule has 0 aliphatic carbocycles. The number of hydrogen-bond donors (Lipinski definition) is 0. The van der Waals surface area contributed by atoms with Crippen molar-refractivity contribution in [2.45, 2.75) is 49.0 Å². The fraction of sp³-hybridized carbons (Fsp3) is 0.435. The molecule has 0 saturated heterocycles. The van der Waals surface area contributed by atoms with Crippen LogP contribution >= 0.6 is 0 Å². The number of carbonyl (C=O) groups is 1. The number of fused-ring (bicyclic) bond motifs is 1. The summed E-state index contributed by atoms with van der Waals surface area (Å²) in [6, 6.07) is 8.42. The zero-order chi connectivity index (χ0) is 23.0. The molecule has 0 saturated carbocycles. The molecule has 0 aromatic heterocycles. The first-order valence-corrected chi connectivity index (χ1v) is 11.7.